The molecule has 0 saturated carbocycles. The molecule has 4 heteroatoms. The van der Waals surface area contributed by atoms with Crippen molar-refractivity contribution >= 4 is 17.3 Å². The Kier molecular flexibility index (Phi) is 6.10. The minimum atomic E-state index is -0.192. The molecule has 104 valence electrons. The van der Waals surface area contributed by atoms with Crippen LogP contribution in [0.4, 0.5) is 5.69 Å². The number of carbonyl (C=O) groups is 1. The summed E-state index contributed by atoms with van der Waals surface area (Å²) < 4.78 is 0. The summed E-state index contributed by atoms with van der Waals surface area (Å²) in [5, 5.41) is 10.3. The number of carbonyl (C=O) groups excluding carboxylic acids is 1. The van der Waals surface area contributed by atoms with Crippen molar-refractivity contribution in [1.82, 2.24) is 4.98 Å². The van der Waals surface area contributed by atoms with Gasteiger partial charge in [-0.1, -0.05) is 26.0 Å². The van der Waals surface area contributed by atoms with Crippen LogP contribution in [0.3, 0.4) is 0 Å². The third kappa shape index (κ3) is 4.31. The number of rotatable bonds is 3. The van der Waals surface area contributed by atoms with Gasteiger partial charge in [0.25, 0.3) is 5.91 Å². The van der Waals surface area contributed by atoms with Gasteiger partial charge in [0.1, 0.15) is 0 Å². The Morgan fingerprint density at radius 1 is 1.10 bits per heavy atom. The maximum atomic E-state index is 11.8. The Hall–Kier alpha value is -2.49. The first-order chi connectivity index (χ1) is 9.66. The minimum Gasteiger partial charge on any atom is -0.322 e. The van der Waals surface area contributed by atoms with E-state index < -0.39 is 0 Å². The van der Waals surface area contributed by atoms with Crippen LogP contribution in [-0.4, -0.2) is 16.6 Å². The molecule has 1 heterocycles. The maximum absolute atomic E-state index is 11.8. The van der Waals surface area contributed by atoms with Crippen molar-refractivity contribution in [3.05, 3.63) is 59.9 Å². The van der Waals surface area contributed by atoms with Crippen molar-refractivity contribution in [3.63, 3.8) is 0 Å². The van der Waals surface area contributed by atoms with Gasteiger partial charge in [0.15, 0.2) is 0 Å². The molecule has 0 bridgehead atoms. The summed E-state index contributed by atoms with van der Waals surface area (Å²) in [5.74, 6) is -0.192. The predicted octanol–water partition coefficient (Wildman–Crippen LogP) is 3.75. The summed E-state index contributed by atoms with van der Waals surface area (Å²) in [6, 6.07) is 10.6. The van der Waals surface area contributed by atoms with Crippen LogP contribution in [0.5, 0.6) is 0 Å². The van der Waals surface area contributed by atoms with Crippen LogP contribution in [-0.2, 0) is 0 Å². The first-order valence-electron chi connectivity index (χ1n) is 6.54. The Labute approximate surface area is 119 Å². The van der Waals surface area contributed by atoms with Crippen LogP contribution in [0.1, 0.15) is 36.7 Å². The highest BCUT2D eigenvalue weighted by Gasteiger charge is 2.05. The number of nitrogens with zero attached hydrogens (tertiary/aromatic N) is 1. The lowest BCUT2D eigenvalue weighted by Crippen LogP contribution is -2.12. The molecule has 0 aliphatic rings. The second kappa shape index (κ2) is 7.84. The molecule has 0 atom stereocenters. The lowest BCUT2D eigenvalue weighted by molar-refractivity contribution is 0.102. The van der Waals surface area contributed by atoms with E-state index in [0.29, 0.717) is 17.0 Å². The number of pyridine rings is 1. The summed E-state index contributed by atoms with van der Waals surface area (Å²) in [6.07, 6.45) is 3.14. The fraction of sp³-hybridized carbons (Fsp3) is 0.188. The molecular formula is C16H19N3O. The fourth-order valence-electron chi connectivity index (χ4n) is 1.50. The predicted molar refractivity (Wildman–Crippen MR) is 82.5 cm³/mol. The van der Waals surface area contributed by atoms with Crippen molar-refractivity contribution in [2.75, 3.05) is 5.32 Å². The third-order valence-corrected chi connectivity index (χ3v) is 2.50. The Morgan fingerprint density at radius 3 is 2.25 bits per heavy atom. The summed E-state index contributed by atoms with van der Waals surface area (Å²) in [4.78, 5) is 15.7. The van der Waals surface area contributed by atoms with Crippen LogP contribution in [0.25, 0.3) is 0 Å². The highest BCUT2D eigenvalue weighted by molar-refractivity contribution is 6.04. The van der Waals surface area contributed by atoms with E-state index in [2.05, 4.69) is 10.3 Å². The molecule has 0 spiro atoms. The Morgan fingerprint density at radius 2 is 1.75 bits per heavy atom. The van der Waals surface area contributed by atoms with Crippen LogP contribution in [0.2, 0.25) is 0 Å². The molecule has 0 unspecified atom stereocenters. The third-order valence-electron chi connectivity index (χ3n) is 2.50. The van der Waals surface area contributed by atoms with Crippen LogP contribution >= 0.6 is 0 Å². The minimum absolute atomic E-state index is 0.192. The molecule has 1 aromatic carbocycles. The van der Waals surface area contributed by atoms with E-state index in [9.17, 15) is 4.79 Å². The zero-order chi connectivity index (χ0) is 15.0. The first-order valence-corrected chi connectivity index (χ1v) is 6.54. The highest BCUT2D eigenvalue weighted by Crippen LogP contribution is 2.11. The van der Waals surface area contributed by atoms with Crippen molar-refractivity contribution in [2.24, 2.45) is 0 Å². The summed E-state index contributed by atoms with van der Waals surface area (Å²) in [7, 11) is 0. The number of aromatic nitrogens is 1. The molecule has 1 amide bonds. The quantitative estimate of drug-likeness (QED) is 0.833. The molecule has 2 N–H and O–H groups in total. The van der Waals surface area contributed by atoms with Gasteiger partial charge in [0.05, 0.1) is 5.56 Å². The number of hydrogen-bond donors (Lipinski definition) is 2. The number of benzene rings is 1. The topological polar surface area (TPSA) is 65.8 Å². The van der Waals surface area contributed by atoms with Crippen LogP contribution in [0.15, 0.2) is 48.8 Å². The average Bonchev–Trinajstić information content (AvgIpc) is 2.50. The molecule has 0 saturated heterocycles. The lowest BCUT2D eigenvalue weighted by atomic mass is 10.1. The zero-order valence-electron chi connectivity index (χ0n) is 12.0. The standard InChI is InChI=1S/C14H13N3O.C2H6/c1-10(15)11-4-6-13(7-5-11)17-14(18)12-3-2-8-16-9-12;1-2/h2-9,15H,1H3,(H,17,18);1-2H3. The fourth-order valence-corrected chi connectivity index (χ4v) is 1.50. The van der Waals surface area contributed by atoms with Crippen molar-refractivity contribution < 1.29 is 4.79 Å². The molecular weight excluding hydrogens is 250 g/mol. The summed E-state index contributed by atoms with van der Waals surface area (Å²) >= 11 is 0. The molecule has 2 aromatic rings. The van der Waals surface area contributed by atoms with Gasteiger partial charge in [-0.05, 0) is 36.8 Å². The second-order valence-electron chi connectivity index (χ2n) is 3.90. The number of nitrogens with one attached hydrogen (secondary N) is 2. The van der Waals surface area contributed by atoms with Crippen molar-refractivity contribution in [1.29, 1.82) is 5.41 Å². The van der Waals surface area contributed by atoms with Gasteiger partial charge in [-0.3, -0.25) is 9.78 Å². The van der Waals surface area contributed by atoms with E-state index in [1.54, 1.807) is 49.5 Å². The van der Waals surface area contributed by atoms with Crippen molar-refractivity contribution in [2.45, 2.75) is 20.8 Å². The van der Waals surface area contributed by atoms with Crippen LogP contribution < -0.4 is 5.32 Å². The molecule has 4 nitrogen and oxygen atoms in total. The first kappa shape index (κ1) is 15.6. The van der Waals surface area contributed by atoms with E-state index in [4.69, 9.17) is 5.41 Å². The van der Waals surface area contributed by atoms with E-state index >= 15 is 0 Å². The largest absolute Gasteiger partial charge is 0.322 e. The smallest absolute Gasteiger partial charge is 0.257 e. The molecule has 20 heavy (non-hydrogen) atoms. The molecule has 0 aliphatic carbocycles. The normalized spacial score (nSPS) is 9.15. The van der Waals surface area contributed by atoms with E-state index in [-0.39, 0.29) is 5.91 Å². The average molecular weight is 269 g/mol. The van der Waals surface area contributed by atoms with Gasteiger partial charge in [-0.15, -0.1) is 0 Å². The molecule has 0 radical (unpaired) electrons. The summed E-state index contributed by atoms with van der Waals surface area (Å²) in [6.45, 7) is 5.73. The molecule has 1 aromatic heterocycles. The molecule has 0 fully saturated rings. The highest BCUT2D eigenvalue weighted by atomic mass is 16.1. The van der Waals surface area contributed by atoms with E-state index in [1.807, 2.05) is 13.8 Å². The Bertz CT molecular complexity index is 562. The second-order valence-corrected chi connectivity index (χ2v) is 3.90. The van der Waals surface area contributed by atoms with Gasteiger partial charge >= 0.3 is 0 Å². The number of hydrogen-bond acceptors (Lipinski definition) is 3. The SMILES string of the molecule is CC.CC(=N)c1ccc(NC(=O)c2cccnc2)cc1. The zero-order valence-corrected chi connectivity index (χ0v) is 12.0. The maximum Gasteiger partial charge on any atom is 0.257 e. The number of anilines is 1. The molecule has 0 aliphatic heterocycles. The molecule has 2 rings (SSSR count). The lowest BCUT2D eigenvalue weighted by Gasteiger charge is -2.05. The monoisotopic (exact) mass is 269 g/mol. The van der Waals surface area contributed by atoms with Crippen molar-refractivity contribution in [3.8, 4) is 0 Å². The van der Waals surface area contributed by atoms with Gasteiger partial charge in [-0.2, -0.15) is 0 Å². The van der Waals surface area contributed by atoms with Gasteiger partial charge in [-0.25, -0.2) is 0 Å². The van der Waals surface area contributed by atoms with Gasteiger partial charge in [0.2, 0.25) is 0 Å². The van der Waals surface area contributed by atoms with E-state index in [1.165, 1.54) is 6.20 Å². The summed E-state index contributed by atoms with van der Waals surface area (Å²) in [5.41, 5.74) is 2.56. The Balaban J connectivity index is 0.000000956. The number of amides is 1. The van der Waals surface area contributed by atoms with Crippen LogP contribution in [0, 0.1) is 5.41 Å². The van der Waals surface area contributed by atoms with E-state index in [0.717, 1.165) is 5.56 Å². The van der Waals surface area contributed by atoms with Gasteiger partial charge < -0.3 is 10.7 Å². The van der Waals surface area contributed by atoms with Gasteiger partial charge in [0, 0.05) is 23.8 Å².